The second kappa shape index (κ2) is 10.5. The number of aliphatic hydroxyl groups is 2. The summed E-state index contributed by atoms with van der Waals surface area (Å²) >= 11 is 0. The van der Waals surface area contributed by atoms with Gasteiger partial charge in [-0.05, 0) is 35.4 Å². The molecule has 2 N–H and O–H groups in total. The van der Waals surface area contributed by atoms with Crippen LogP contribution in [0.4, 0.5) is 21.0 Å². The topological polar surface area (TPSA) is 186 Å². The van der Waals surface area contributed by atoms with E-state index < -0.39 is 40.8 Å². The number of nitrogens with zero attached hydrogens (tertiary/aromatic N) is 4. The first-order valence-corrected chi connectivity index (χ1v) is 9.87. The number of aliphatic hydroxyl groups excluding tert-OH is 2. The summed E-state index contributed by atoms with van der Waals surface area (Å²) in [5.41, 5.74) is 0.613. The number of benzene rings is 2. The molecule has 1 aliphatic heterocycles. The fourth-order valence-corrected chi connectivity index (χ4v) is 3.18. The Hall–Kier alpha value is -4.30. The lowest BCUT2D eigenvalue weighted by molar-refractivity contribution is -0.385. The molecule has 14 heteroatoms. The molecule has 34 heavy (non-hydrogen) atoms. The van der Waals surface area contributed by atoms with Gasteiger partial charge in [0.15, 0.2) is 0 Å². The molecule has 0 aromatic heterocycles. The Morgan fingerprint density at radius 2 is 1.32 bits per heavy atom. The third kappa shape index (κ3) is 5.54. The van der Waals surface area contributed by atoms with Crippen LogP contribution in [-0.2, 0) is 22.7 Å². The molecular weight excluding hydrogens is 456 g/mol. The molecule has 2 atom stereocenters. The molecule has 0 saturated carbocycles. The number of nitro groups is 2. The van der Waals surface area contributed by atoms with E-state index in [-0.39, 0.29) is 31.1 Å². The Morgan fingerprint density at radius 1 is 0.882 bits per heavy atom. The van der Waals surface area contributed by atoms with Gasteiger partial charge in [-0.25, -0.2) is 19.6 Å². The lowest BCUT2D eigenvalue weighted by Crippen LogP contribution is -2.50. The zero-order chi connectivity index (χ0) is 24.8. The zero-order valence-corrected chi connectivity index (χ0v) is 17.6. The van der Waals surface area contributed by atoms with Crippen molar-refractivity contribution in [3.05, 3.63) is 79.9 Å². The summed E-state index contributed by atoms with van der Waals surface area (Å²) in [5.74, 6) is 0. The van der Waals surface area contributed by atoms with Crippen molar-refractivity contribution in [2.45, 2.75) is 25.4 Å². The van der Waals surface area contributed by atoms with E-state index in [0.29, 0.717) is 11.1 Å². The van der Waals surface area contributed by atoms with Crippen LogP contribution in [-0.4, -0.2) is 67.6 Å². The van der Waals surface area contributed by atoms with Gasteiger partial charge in [0.05, 0.1) is 29.1 Å². The van der Waals surface area contributed by atoms with E-state index >= 15 is 0 Å². The van der Waals surface area contributed by atoms with E-state index in [1.165, 1.54) is 48.5 Å². The summed E-state index contributed by atoms with van der Waals surface area (Å²) < 4.78 is 10.3. The van der Waals surface area contributed by atoms with Gasteiger partial charge in [0.2, 0.25) is 0 Å². The van der Waals surface area contributed by atoms with Crippen LogP contribution in [0, 0.1) is 20.2 Å². The Balaban J connectivity index is 1.64. The molecule has 180 valence electrons. The maximum absolute atomic E-state index is 12.7. The van der Waals surface area contributed by atoms with Gasteiger partial charge in [-0.3, -0.25) is 20.2 Å². The predicted octanol–water partition coefficient (Wildman–Crippen LogP) is 1.73. The normalized spacial score (nSPS) is 17.4. The number of ether oxygens (including phenoxy) is 2. The molecule has 1 saturated heterocycles. The van der Waals surface area contributed by atoms with Crippen molar-refractivity contribution in [2.24, 2.45) is 0 Å². The van der Waals surface area contributed by atoms with Crippen molar-refractivity contribution >= 4 is 23.6 Å². The highest BCUT2D eigenvalue weighted by Gasteiger charge is 2.46. The first kappa shape index (κ1) is 24.3. The fourth-order valence-electron chi connectivity index (χ4n) is 3.18. The maximum atomic E-state index is 12.7. The van der Waals surface area contributed by atoms with E-state index in [9.17, 15) is 40.0 Å². The lowest BCUT2D eigenvalue weighted by Gasteiger charge is -2.29. The Labute approximate surface area is 191 Å². The Kier molecular flexibility index (Phi) is 7.55. The third-order valence-electron chi connectivity index (χ3n) is 4.98. The first-order chi connectivity index (χ1) is 16.2. The molecule has 0 spiro atoms. The van der Waals surface area contributed by atoms with Crippen molar-refractivity contribution < 1.29 is 39.1 Å². The highest BCUT2D eigenvalue weighted by atomic mass is 16.6. The molecule has 1 fully saturated rings. The van der Waals surface area contributed by atoms with E-state index in [4.69, 9.17) is 9.47 Å². The molecule has 1 heterocycles. The minimum absolute atomic E-state index is 0.134. The summed E-state index contributed by atoms with van der Waals surface area (Å²) in [6.45, 7) is -1.57. The monoisotopic (exact) mass is 476 g/mol. The smallest absolute Gasteiger partial charge is 0.429 e. The number of β-amino-alcohol motifs (C(OH)–C–C–N with tert-alkyl or cyclic N) is 1. The van der Waals surface area contributed by atoms with Crippen molar-refractivity contribution in [2.75, 3.05) is 13.2 Å². The second-order valence-electron chi connectivity index (χ2n) is 7.20. The summed E-state index contributed by atoms with van der Waals surface area (Å²) in [6, 6.07) is 9.37. The summed E-state index contributed by atoms with van der Waals surface area (Å²) in [6.07, 6.45) is -3.34. The van der Waals surface area contributed by atoms with Gasteiger partial charge in [0.1, 0.15) is 19.3 Å². The van der Waals surface area contributed by atoms with Crippen LogP contribution < -0.4 is 0 Å². The van der Waals surface area contributed by atoms with Crippen molar-refractivity contribution in [1.29, 1.82) is 0 Å². The number of nitro benzene ring substituents is 2. The number of hydrazine groups is 1. The van der Waals surface area contributed by atoms with Gasteiger partial charge in [0.25, 0.3) is 11.4 Å². The van der Waals surface area contributed by atoms with Crippen molar-refractivity contribution in [3.63, 3.8) is 0 Å². The van der Waals surface area contributed by atoms with Gasteiger partial charge in [-0.2, -0.15) is 0 Å². The van der Waals surface area contributed by atoms with Crippen LogP contribution in [0.5, 0.6) is 0 Å². The van der Waals surface area contributed by atoms with Gasteiger partial charge < -0.3 is 19.7 Å². The lowest BCUT2D eigenvalue weighted by atomic mass is 10.2. The zero-order valence-electron chi connectivity index (χ0n) is 17.6. The minimum Gasteiger partial charge on any atom is -0.443 e. The third-order valence-corrected chi connectivity index (χ3v) is 4.98. The van der Waals surface area contributed by atoms with Gasteiger partial charge in [0, 0.05) is 24.3 Å². The van der Waals surface area contributed by atoms with Crippen LogP contribution >= 0.6 is 0 Å². The number of non-ortho nitro benzene ring substituents is 2. The Morgan fingerprint density at radius 3 is 1.74 bits per heavy atom. The van der Waals surface area contributed by atoms with E-state index in [0.717, 1.165) is 10.0 Å². The largest absolute Gasteiger partial charge is 0.443 e. The first-order valence-electron chi connectivity index (χ1n) is 9.87. The van der Waals surface area contributed by atoms with E-state index in [1.54, 1.807) is 0 Å². The highest BCUT2D eigenvalue weighted by Crippen LogP contribution is 2.23. The SMILES string of the molecule is O=C(OCc1ccc([N+](=O)[O-])cc1)N1CC(O)C(CO)N1C(=O)OCc1ccc([N+](=O)[O-])cc1. The predicted molar refractivity (Wildman–Crippen MR) is 112 cm³/mol. The summed E-state index contributed by atoms with van der Waals surface area (Å²) in [4.78, 5) is 45.5. The molecule has 0 aliphatic carbocycles. The quantitative estimate of drug-likeness (QED) is 0.440. The molecule has 0 radical (unpaired) electrons. The molecular formula is C20H20N4O10. The molecule has 0 bridgehead atoms. The van der Waals surface area contributed by atoms with Crippen molar-refractivity contribution in [1.82, 2.24) is 10.0 Å². The van der Waals surface area contributed by atoms with Crippen LogP contribution in [0.1, 0.15) is 11.1 Å². The molecule has 2 unspecified atom stereocenters. The summed E-state index contributed by atoms with van der Waals surface area (Å²) in [5, 5.41) is 42.8. The minimum atomic E-state index is -1.27. The molecule has 2 aromatic carbocycles. The Bertz CT molecular complexity index is 1060. The number of carbonyl (C=O) groups excluding carboxylic acids is 2. The second-order valence-corrected chi connectivity index (χ2v) is 7.20. The average Bonchev–Trinajstić information content (AvgIpc) is 3.17. The van der Waals surface area contributed by atoms with Crippen LogP contribution in [0.25, 0.3) is 0 Å². The van der Waals surface area contributed by atoms with Gasteiger partial charge in [-0.1, -0.05) is 0 Å². The average molecular weight is 476 g/mol. The summed E-state index contributed by atoms with van der Waals surface area (Å²) in [7, 11) is 0. The maximum Gasteiger partial charge on any atom is 0.429 e. The standard InChI is InChI=1S/C20H20N4O10/c25-10-17-18(26)9-21(19(27)33-11-13-1-5-15(6-2-13)23(29)30)22(17)20(28)34-12-14-3-7-16(8-4-14)24(31)32/h1-8,17-18,25-26H,9-12H2. The number of hydrogen-bond acceptors (Lipinski definition) is 10. The van der Waals surface area contributed by atoms with E-state index in [1.807, 2.05) is 0 Å². The molecule has 14 nitrogen and oxygen atoms in total. The van der Waals surface area contributed by atoms with Gasteiger partial charge >= 0.3 is 12.2 Å². The van der Waals surface area contributed by atoms with Crippen LogP contribution in [0.2, 0.25) is 0 Å². The molecule has 3 rings (SSSR count). The molecule has 1 aliphatic rings. The van der Waals surface area contributed by atoms with E-state index in [2.05, 4.69) is 0 Å². The van der Waals surface area contributed by atoms with Gasteiger partial charge in [-0.15, -0.1) is 0 Å². The number of amides is 2. The highest BCUT2D eigenvalue weighted by molar-refractivity contribution is 5.75. The molecule has 2 amide bonds. The number of rotatable bonds is 7. The number of carbonyl (C=O) groups is 2. The fraction of sp³-hybridized carbons (Fsp3) is 0.300. The van der Waals surface area contributed by atoms with Crippen molar-refractivity contribution in [3.8, 4) is 0 Å². The van der Waals surface area contributed by atoms with Crippen LogP contribution in [0.15, 0.2) is 48.5 Å². The number of hydrogen-bond donors (Lipinski definition) is 2. The molecule has 2 aromatic rings. The van der Waals surface area contributed by atoms with Crippen LogP contribution in [0.3, 0.4) is 0 Å².